The van der Waals surface area contributed by atoms with Crippen LogP contribution in [-0.4, -0.2) is 5.91 Å². The van der Waals surface area contributed by atoms with Crippen molar-refractivity contribution in [1.82, 2.24) is 0 Å². The standard InChI is InChI=1S/C16H16N2O/c1-12(14-7-4-3-5-8-14)17-15-9-6-10-16(11-15)18-13(2)19/h3-11,17H,1H2,2H3,(H,18,19). The van der Waals surface area contributed by atoms with Gasteiger partial charge in [0, 0.05) is 24.0 Å². The molecule has 0 bridgehead atoms. The fourth-order valence-corrected chi connectivity index (χ4v) is 1.76. The van der Waals surface area contributed by atoms with E-state index >= 15 is 0 Å². The van der Waals surface area contributed by atoms with Crippen LogP contribution >= 0.6 is 0 Å². The van der Waals surface area contributed by atoms with Gasteiger partial charge in [0.2, 0.25) is 5.91 Å². The lowest BCUT2D eigenvalue weighted by molar-refractivity contribution is -0.114. The van der Waals surface area contributed by atoms with Crippen LogP contribution in [0.2, 0.25) is 0 Å². The number of rotatable bonds is 4. The molecule has 19 heavy (non-hydrogen) atoms. The molecule has 0 saturated carbocycles. The molecule has 2 N–H and O–H groups in total. The lowest BCUT2D eigenvalue weighted by atomic mass is 10.1. The van der Waals surface area contributed by atoms with E-state index in [1.54, 1.807) is 0 Å². The summed E-state index contributed by atoms with van der Waals surface area (Å²) in [5, 5.41) is 5.98. The summed E-state index contributed by atoms with van der Waals surface area (Å²) in [4.78, 5) is 11.0. The second-order valence-corrected chi connectivity index (χ2v) is 4.23. The van der Waals surface area contributed by atoms with Gasteiger partial charge in [0.1, 0.15) is 0 Å². The molecule has 0 radical (unpaired) electrons. The molecule has 0 aliphatic rings. The molecule has 1 amide bonds. The van der Waals surface area contributed by atoms with Gasteiger partial charge in [0.25, 0.3) is 0 Å². The minimum absolute atomic E-state index is 0.0842. The largest absolute Gasteiger partial charge is 0.355 e. The number of hydrogen-bond acceptors (Lipinski definition) is 2. The van der Waals surface area contributed by atoms with Crippen molar-refractivity contribution in [3.05, 3.63) is 66.7 Å². The first-order chi connectivity index (χ1) is 9.15. The highest BCUT2D eigenvalue weighted by Gasteiger charge is 2.00. The van der Waals surface area contributed by atoms with Gasteiger partial charge < -0.3 is 10.6 Å². The van der Waals surface area contributed by atoms with Gasteiger partial charge in [-0.1, -0.05) is 43.0 Å². The van der Waals surface area contributed by atoms with Gasteiger partial charge in [0.15, 0.2) is 0 Å². The molecule has 3 nitrogen and oxygen atoms in total. The van der Waals surface area contributed by atoms with Crippen LogP contribution in [0.15, 0.2) is 61.2 Å². The second-order valence-electron chi connectivity index (χ2n) is 4.23. The van der Waals surface area contributed by atoms with Crippen LogP contribution in [0.25, 0.3) is 5.70 Å². The van der Waals surface area contributed by atoms with Gasteiger partial charge in [-0.2, -0.15) is 0 Å². The van der Waals surface area contributed by atoms with Gasteiger partial charge in [0.05, 0.1) is 0 Å². The van der Waals surface area contributed by atoms with Gasteiger partial charge in [-0.25, -0.2) is 0 Å². The number of hydrogen-bond donors (Lipinski definition) is 2. The topological polar surface area (TPSA) is 41.1 Å². The van der Waals surface area contributed by atoms with E-state index in [1.807, 2.05) is 54.6 Å². The SMILES string of the molecule is C=C(Nc1cccc(NC(C)=O)c1)c1ccccc1. The highest BCUT2D eigenvalue weighted by atomic mass is 16.1. The maximum Gasteiger partial charge on any atom is 0.221 e. The molecule has 2 aromatic carbocycles. The molecule has 0 spiro atoms. The third kappa shape index (κ3) is 3.71. The zero-order valence-electron chi connectivity index (χ0n) is 10.8. The number of carbonyl (C=O) groups is 1. The van der Waals surface area contributed by atoms with Gasteiger partial charge >= 0.3 is 0 Å². The van der Waals surface area contributed by atoms with E-state index in [0.717, 1.165) is 22.6 Å². The van der Waals surface area contributed by atoms with E-state index in [2.05, 4.69) is 17.2 Å². The summed E-state index contributed by atoms with van der Waals surface area (Å²) in [6.07, 6.45) is 0. The fourth-order valence-electron chi connectivity index (χ4n) is 1.76. The van der Waals surface area contributed by atoms with Gasteiger partial charge in [-0.15, -0.1) is 0 Å². The first-order valence-electron chi connectivity index (χ1n) is 6.04. The Morgan fingerprint density at radius 2 is 1.58 bits per heavy atom. The van der Waals surface area contributed by atoms with Crippen molar-refractivity contribution in [3.8, 4) is 0 Å². The number of nitrogens with one attached hydrogen (secondary N) is 2. The third-order valence-corrected chi connectivity index (χ3v) is 2.60. The Morgan fingerprint density at radius 3 is 2.21 bits per heavy atom. The molecule has 0 fully saturated rings. The van der Waals surface area contributed by atoms with Crippen LogP contribution < -0.4 is 10.6 Å². The first-order valence-corrected chi connectivity index (χ1v) is 6.04. The number of amides is 1. The lowest BCUT2D eigenvalue weighted by Gasteiger charge is -2.11. The molecule has 0 heterocycles. The van der Waals surface area contributed by atoms with Crippen molar-refractivity contribution in [2.45, 2.75) is 6.92 Å². The first kappa shape index (κ1) is 12.9. The smallest absolute Gasteiger partial charge is 0.221 e. The average Bonchev–Trinajstić information content (AvgIpc) is 2.39. The number of carbonyl (C=O) groups excluding carboxylic acids is 1. The predicted molar refractivity (Wildman–Crippen MR) is 79.8 cm³/mol. The molecule has 0 aromatic heterocycles. The molecule has 0 saturated heterocycles. The van der Waals surface area contributed by atoms with Crippen LogP contribution in [0.3, 0.4) is 0 Å². The molecule has 0 atom stereocenters. The lowest BCUT2D eigenvalue weighted by Crippen LogP contribution is -2.06. The Kier molecular flexibility index (Phi) is 3.98. The van der Waals surface area contributed by atoms with Gasteiger partial charge in [-0.05, 0) is 23.8 Å². The van der Waals surface area contributed by atoms with Crippen LogP contribution in [-0.2, 0) is 4.79 Å². The number of benzene rings is 2. The quantitative estimate of drug-likeness (QED) is 0.870. The highest BCUT2D eigenvalue weighted by Crippen LogP contribution is 2.20. The van der Waals surface area contributed by atoms with Crippen LogP contribution in [0, 0.1) is 0 Å². The third-order valence-electron chi connectivity index (χ3n) is 2.60. The molecule has 3 heteroatoms. The van der Waals surface area contributed by atoms with Crippen LogP contribution in [0.1, 0.15) is 12.5 Å². The molecular formula is C16H16N2O. The molecule has 0 aliphatic heterocycles. The van der Waals surface area contributed by atoms with Crippen molar-refractivity contribution in [2.75, 3.05) is 10.6 Å². The number of anilines is 2. The van der Waals surface area contributed by atoms with Gasteiger partial charge in [-0.3, -0.25) is 4.79 Å². The van der Waals surface area contributed by atoms with Crippen molar-refractivity contribution in [1.29, 1.82) is 0 Å². The predicted octanol–water partition coefficient (Wildman–Crippen LogP) is 3.73. The van der Waals surface area contributed by atoms with Crippen LogP contribution in [0.4, 0.5) is 11.4 Å². The van der Waals surface area contributed by atoms with Crippen molar-refractivity contribution >= 4 is 23.0 Å². The summed E-state index contributed by atoms with van der Waals surface area (Å²) in [6.45, 7) is 5.50. The van der Waals surface area contributed by atoms with E-state index < -0.39 is 0 Å². The maximum absolute atomic E-state index is 11.0. The minimum Gasteiger partial charge on any atom is -0.355 e. The summed E-state index contributed by atoms with van der Waals surface area (Å²) in [6, 6.07) is 17.4. The molecule has 2 rings (SSSR count). The summed E-state index contributed by atoms with van der Waals surface area (Å²) in [5.41, 5.74) is 3.51. The Hall–Kier alpha value is -2.55. The fraction of sp³-hybridized carbons (Fsp3) is 0.0625. The average molecular weight is 252 g/mol. The molecule has 0 aliphatic carbocycles. The molecule has 2 aromatic rings. The Morgan fingerprint density at radius 1 is 0.947 bits per heavy atom. The van der Waals surface area contributed by atoms with E-state index in [9.17, 15) is 4.79 Å². The Labute approximate surface area is 113 Å². The molecule has 96 valence electrons. The second kappa shape index (κ2) is 5.87. The minimum atomic E-state index is -0.0842. The van der Waals surface area contributed by atoms with E-state index in [1.165, 1.54) is 6.92 Å². The van der Waals surface area contributed by atoms with E-state index in [-0.39, 0.29) is 5.91 Å². The van der Waals surface area contributed by atoms with Crippen molar-refractivity contribution in [2.24, 2.45) is 0 Å². The summed E-state index contributed by atoms with van der Waals surface area (Å²) in [7, 11) is 0. The monoisotopic (exact) mass is 252 g/mol. The summed E-state index contributed by atoms with van der Waals surface area (Å²) >= 11 is 0. The normalized spacial score (nSPS) is 9.74. The zero-order chi connectivity index (χ0) is 13.7. The van der Waals surface area contributed by atoms with E-state index in [4.69, 9.17) is 0 Å². The van der Waals surface area contributed by atoms with Crippen LogP contribution in [0.5, 0.6) is 0 Å². The zero-order valence-corrected chi connectivity index (χ0v) is 10.8. The summed E-state index contributed by atoms with van der Waals surface area (Å²) in [5.74, 6) is -0.0842. The van der Waals surface area contributed by atoms with Crippen molar-refractivity contribution < 1.29 is 4.79 Å². The maximum atomic E-state index is 11.0. The highest BCUT2D eigenvalue weighted by molar-refractivity contribution is 5.89. The van der Waals surface area contributed by atoms with E-state index in [0.29, 0.717) is 0 Å². The molecular weight excluding hydrogens is 236 g/mol. The molecule has 0 unspecified atom stereocenters. The Bertz CT molecular complexity index is 591. The summed E-state index contributed by atoms with van der Waals surface area (Å²) < 4.78 is 0. The Balaban J connectivity index is 2.11. The van der Waals surface area contributed by atoms with Crippen molar-refractivity contribution in [3.63, 3.8) is 0 Å².